The second kappa shape index (κ2) is 5.92. The number of benzene rings is 1. The second-order valence-electron chi connectivity index (χ2n) is 5.51. The van der Waals surface area contributed by atoms with Gasteiger partial charge >= 0.3 is 0 Å². The topological polar surface area (TPSA) is 35.8 Å². The summed E-state index contributed by atoms with van der Waals surface area (Å²) in [7, 11) is 0. The molecule has 4 heteroatoms. The van der Waals surface area contributed by atoms with Crippen molar-refractivity contribution in [2.45, 2.75) is 39.2 Å². The van der Waals surface area contributed by atoms with Gasteiger partial charge < -0.3 is 5.32 Å². The molecule has 1 aromatic rings. The third-order valence-electron chi connectivity index (χ3n) is 4.16. The van der Waals surface area contributed by atoms with Crippen molar-refractivity contribution in [1.29, 1.82) is 5.26 Å². The molecular weight excluding hydrogens is 307 g/mol. The monoisotopic (exact) mass is 324 g/mol. The van der Waals surface area contributed by atoms with Gasteiger partial charge in [-0.05, 0) is 59.2 Å². The molecule has 0 spiro atoms. The zero-order chi connectivity index (χ0) is 14.0. The molecule has 0 bridgehead atoms. The van der Waals surface area contributed by atoms with E-state index in [9.17, 15) is 4.39 Å². The second-order valence-corrected chi connectivity index (χ2v) is 6.30. The van der Waals surface area contributed by atoms with Crippen molar-refractivity contribution in [2.75, 3.05) is 5.32 Å². The van der Waals surface area contributed by atoms with Gasteiger partial charge in [0, 0.05) is 6.04 Å². The highest BCUT2D eigenvalue weighted by molar-refractivity contribution is 9.10. The summed E-state index contributed by atoms with van der Waals surface area (Å²) in [5, 5.41) is 12.1. The fraction of sp³-hybridized carbons (Fsp3) is 0.533. The lowest BCUT2D eigenvalue weighted by atomic mass is 9.79. The molecule has 1 N–H and O–H groups in total. The lowest BCUT2D eigenvalue weighted by Crippen LogP contribution is -2.30. The molecule has 19 heavy (non-hydrogen) atoms. The van der Waals surface area contributed by atoms with Gasteiger partial charge in [0.2, 0.25) is 0 Å². The molecule has 1 fully saturated rings. The van der Waals surface area contributed by atoms with Gasteiger partial charge in [0.25, 0.3) is 0 Å². The van der Waals surface area contributed by atoms with E-state index < -0.39 is 0 Å². The molecule has 0 radical (unpaired) electrons. The molecule has 1 aliphatic rings. The Bertz CT molecular complexity index is 510. The Hall–Kier alpha value is -1.08. The third kappa shape index (κ3) is 3.09. The highest BCUT2D eigenvalue weighted by Gasteiger charge is 2.25. The lowest BCUT2D eigenvalue weighted by Gasteiger charge is -2.33. The fourth-order valence-corrected chi connectivity index (χ4v) is 3.08. The minimum absolute atomic E-state index is 0.247. The lowest BCUT2D eigenvalue weighted by molar-refractivity contribution is 0.260. The number of halogens is 2. The molecule has 3 unspecified atom stereocenters. The van der Waals surface area contributed by atoms with Gasteiger partial charge in [0.05, 0.1) is 15.7 Å². The summed E-state index contributed by atoms with van der Waals surface area (Å²) >= 11 is 3.14. The minimum Gasteiger partial charge on any atom is -0.380 e. The van der Waals surface area contributed by atoms with Crippen molar-refractivity contribution in [3.05, 3.63) is 28.0 Å². The van der Waals surface area contributed by atoms with Crippen LogP contribution in [0.5, 0.6) is 0 Å². The van der Waals surface area contributed by atoms with Crippen LogP contribution in [-0.4, -0.2) is 6.04 Å². The molecule has 1 aromatic carbocycles. The van der Waals surface area contributed by atoms with Gasteiger partial charge in [-0.1, -0.05) is 13.8 Å². The summed E-state index contributed by atoms with van der Waals surface area (Å²) in [4.78, 5) is 0. The highest BCUT2D eigenvalue weighted by Crippen LogP contribution is 2.33. The Morgan fingerprint density at radius 3 is 2.68 bits per heavy atom. The largest absolute Gasteiger partial charge is 0.380 e. The van der Waals surface area contributed by atoms with Gasteiger partial charge in [-0.25, -0.2) is 4.39 Å². The molecule has 0 aliphatic heterocycles. The first-order chi connectivity index (χ1) is 9.02. The van der Waals surface area contributed by atoms with Gasteiger partial charge in [-0.3, -0.25) is 0 Å². The first-order valence-electron chi connectivity index (χ1n) is 6.67. The first kappa shape index (κ1) is 14.3. The summed E-state index contributed by atoms with van der Waals surface area (Å²) in [6.45, 7) is 4.53. The summed E-state index contributed by atoms with van der Waals surface area (Å²) < 4.78 is 14.4. The predicted octanol–water partition coefficient (Wildman–Crippen LogP) is 4.70. The maximum absolute atomic E-state index is 14.1. The van der Waals surface area contributed by atoms with Crippen molar-refractivity contribution < 1.29 is 4.39 Å². The van der Waals surface area contributed by atoms with Crippen molar-refractivity contribution >= 4 is 21.6 Å². The number of nitriles is 1. The normalized spacial score (nSPS) is 26.8. The molecule has 0 heterocycles. The molecular formula is C15H18BrFN2. The Labute approximate surface area is 122 Å². The molecule has 2 nitrogen and oxygen atoms in total. The molecule has 102 valence electrons. The minimum atomic E-state index is -0.370. The van der Waals surface area contributed by atoms with E-state index in [-0.39, 0.29) is 10.3 Å². The third-order valence-corrected chi connectivity index (χ3v) is 4.94. The summed E-state index contributed by atoms with van der Waals surface area (Å²) in [6, 6.07) is 5.58. The number of nitrogens with zero attached hydrogens (tertiary/aromatic N) is 1. The number of anilines is 1. The van der Waals surface area contributed by atoms with Crippen molar-refractivity contribution in [2.24, 2.45) is 11.8 Å². The van der Waals surface area contributed by atoms with E-state index in [0.717, 1.165) is 18.8 Å². The number of nitrogens with one attached hydrogen (secondary N) is 1. The molecule has 3 atom stereocenters. The molecule has 2 rings (SSSR count). The summed E-state index contributed by atoms with van der Waals surface area (Å²) in [6.07, 6.45) is 3.32. The fourth-order valence-electron chi connectivity index (χ4n) is 2.65. The molecule has 0 saturated heterocycles. The van der Waals surface area contributed by atoms with E-state index in [1.807, 2.05) is 6.07 Å². The van der Waals surface area contributed by atoms with Gasteiger partial charge in [0.1, 0.15) is 6.07 Å². The van der Waals surface area contributed by atoms with Gasteiger partial charge in [-0.15, -0.1) is 0 Å². The quantitative estimate of drug-likeness (QED) is 0.856. The van der Waals surface area contributed by atoms with Crippen LogP contribution in [0.3, 0.4) is 0 Å². The van der Waals surface area contributed by atoms with Gasteiger partial charge in [0.15, 0.2) is 5.82 Å². The van der Waals surface area contributed by atoms with Crippen LogP contribution in [0, 0.1) is 29.0 Å². The van der Waals surface area contributed by atoms with E-state index in [4.69, 9.17) is 5.26 Å². The molecule has 0 amide bonds. The van der Waals surface area contributed by atoms with E-state index in [1.54, 1.807) is 12.1 Å². The predicted molar refractivity (Wildman–Crippen MR) is 78.4 cm³/mol. The standard InChI is InChI=1S/C15H18BrFN2/c1-9-3-5-12(7-10(9)2)19-13-6-4-11(8-18)14(16)15(13)17/h4,6,9-10,12,19H,3,5,7H2,1-2H3. The number of rotatable bonds is 2. The average molecular weight is 325 g/mol. The summed E-state index contributed by atoms with van der Waals surface area (Å²) in [5.41, 5.74) is 0.811. The van der Waals surface area contributed by atoms with E-state index in [0.29, 0.717) is 23.2 Å². The van der Waals surface area contributed by atoms with Gasteiger partial charge in [-0.2, -0.15) is 5.26 Å². The van der Waals surface area contributed by atoms with Crippen LogP contribution in [0.1, 0.15) is 38.7 Å². The Balaban J connectivity index is 2.12. The smallest absolute Gasteiger partial charge is 0.161 e. The zero-order valence-corrected chi connectivity index (χ0v) is 12.8. The maximum Gasteiger partial charge on any atom is 0.161 e. The van der Waals surface area contributed by atoms with Crippen LogP contribution in [-0.2, 0) is 0 Å². The van der Waals surface area contributed by atoms with Crippen molar-refractivity contribution in [3.63, 3.8) is 0 Å². The molecule has 0 aromatic heterocycles. The first-order valence-corrected chi connectivity index (χ1v) is 7.46. The SMILES string of the molecule is CC1CCC(Nc2ccc(C#N)c(Br)c2F)CC1C. The summed E-state index contributed by atoms with van der Waals surface area (Å²) in [5.74, 6) is 1.04. The van der Waals surface area contributed by atoms with Crippen molar-refractivity contribution in [1.82, 2.24) is 0 Å². The van der Waals surface area contributed by atoms with Crippen LogP contribution in [0.4, 0.5) is 10.1 Å². The highest BCUT2D eigenvalue weighted by atomic mass is 79.9. The van der Waals surface area contributed by atoms with E-state index in [1.165, 1.54) is 6.42 Å². The van der Waals surface area contributed by atoms with E-state index >= 15 is 0 Å². The van der Waals surface area contributed by atoms with E-state index in [2.05, 4.69) is 35.1 Å². The zero-order valence-electron chi connectivity index (χ0n) is 11.2. The van der Waals surface area contributed by atoms with Crippen LogP contribution in [0.2, 0.25) is 0 Å². The Morgan fingerprint density at radius 1 is 1.32 bits per heavy atom. The number of hydrogen-bond donors (Lipinski definition) is 1. The Kier molecular flexibility index (Phi) is 4.46. The van der Waals surface area contributed by atoms with Crippen LogP contribution >= 0.6 is 15.9 Å². The van der Waals surface area contributed by atoms with Crippen molar-refractivity contribution in [3.8, 4) is 6.07 Å². The molecule has 1 saturated carbocycles. The average Bonchev–Trinajstić information content (AvgIpc) is 2.40. The Morgan fingerprint density at radius 2 is 2.05 bits per heavy atom. The maximum atomic E-state index is 14.1. The number of hydrogen-bond acceptors (Lipinski definition) is 2. The molecule has 1 aliphatic carbocycles. The van der Waals surface area contributed by atoms with Crippen LogP contribution < -0.4 is 5.32 Å². The van der Waals surface area contributed by atoms with Crippen LogP contribution in [0.25, 0.3) is 0 Å². The van der Waals surface area contributed by atoms with Crippen LogP contribution in [0.15, 0.2) is 16.6 Å².